The first-order valence-electron chi connectivity index (χ1n) is 18.6. The van der Waals surface area contributed by atoms with E-state index in [9.17, 15) is 34.6 Å². The minimum Gasteiger partial charge on any atom is -0.493 e. The lowest BCUT2D eigenvalue weighted by molar-refractivity contribution is -0.385. The molecule has 2 atom stereocenters. The fraction of sp³-hybridized carbons (Fsp3) is 0.605. The van der Waals surface area contributed by atoms with Crippen molar-refractivity contribution in [2.75, 3.05) is 47.1 Å². The van der Waals surface area contributed by atoms with E-state index in [1.165, 1.54) is 45.4 Å². The van der Waals surface area contributed by atoms with Gasteiger partial charge in [0.1, 0.15) is 17.7 Å². The van der Waals surface area contributed by atoms with Gasteiger partial charge in [-0.2, -0.15) is 0 Å². The molecule has 4 fully saturated rings. The van der Waals surface area contributed by atoms with Crippen LogP contribution in [-0.4, -0.2) is 96.6 Å². The van der Waals surface area contributed by atoms with Crippen LogP contribution in [0.5, 0.6) is 23.0 Å². The molecule has 0 radical (unpaired) electrons. The molecule has 16 heteroatoms. The van der Waals surface area contributed by atoms with Crippen LogP contribution in [0, 0.1) is 31.1 Å². The fourth-order valence-electron chi connectivity index (χ4n) is 7.95. The van der Waals surface area contributed by atoms with Gasteiger partial charge in [-0.15, -0.1) is 0 Å². The predicted octanol–water partition coefficient (Wildman–Crippen LogP) is 6.11. The van der Waals surface area contributed by atoms with E-state index < -0.39 is 27.4 Å². The van der Waals surface area contributed by atoms with Crippen molar-refractivity contribution in [3.8, 4) is 23.0 Å². The van der Waals surface area contributed by atoms with Gasteiger partial charge in [-0.25, -0.2) is 0 Å². The molecule has 54 heavy (non-hydrogen) atoms. The summed E-state index contributed by atoms with van der Waals surface area (Å²) in [6.45, 7) is 4.79. The molecule has 0 N–H and O–H groups in total. The molecule has 292 valence electrons. The third kappa shape index (κ3) is 8.16. The molecule has 2 aromatic carbocycles. The molecule has 2 saturated carbocycles. The van der Waals surface area contributed by atoms with Gasteiger partial charge in [0.05, 0.1) is 55.5 Å². The van der Waals surface area contributed by atoms with Crippen LogP contribution in [0.4, 0.5) is 11.4 Å². The highest BCUT2D eigenvalue weighted by molar-refractivity contribution is 6.00. The second-order valence-corrected chi connectivity index (χ2v) is 15.1. The van der Waals surface area contributed by atoms with E-state index in [-0.39, 0.29) is 88.5 Å². The molecule has 2 aliphatic heterocycles. The van der Waals surface area contributed by atoms with Gasteiger partial charge in [0.25, 0.3) is 23.2 Å². The van der Waals surface area contributed by atoms with E-state index in [4.69, 9.17) is 23.7 Å². The number of nitro benzene ring substituents is 2. The lowest BCUT2D eigenvalue weighted by Crippen LogP contribution is -2.39. The third-order valence-electron chi connectivity index (χ3n) is 11.3. The van der Waals surface area contributed by atoms with Crippen LogP contribution in [0.3, 0.4) is 0 Å². The maximum Gasteiger partial charge on any atom is 0.302 e. The van der Waals surface area contributed by atoms with Crippen LogP contribution >= 0.6 is 0 Å². The number of methoxy groups -OCH3 is 2. The first-order chi connectivity index (χ1) is 25.8. The number of unbranched alkanes of at least 4 members (excludes halogenated alkanes) is 2. The Hall–Kier alpha value is -5.15. The van der Waals surface area contributed by atoms with Gasteiger partial charge >= 0.3 is 5.97 Å². The van der Waals surface area contributed by atoms with Gasteiger partial charge < -0.3 is 33.5 Å². The van der Waals surface area contributed by atoms with E-state index in [1.807, 2.05) is 6.92 Å². The second kappa shape index (κ2) is 15.7. The molecule has 6 rings (SSSR count). The number of hydrogen-bond donors (Lipinski definition) is 0. The Bertz CT molecular complexity index is 1810. The van der Waals surface area contributed by atoms with Crippen LogP contribution in [0.2, 0.25) is 0 Å². The maximum atomic E-state index is 13.7. The number of rotatable bonds is 17. The molecule has 16 nitrogen and oxygen atoms in total. The summed E-state index contributed by atoms with van der Waals surface area (Å²) in [7, 11) is 2.81. The molecule has 2 amide bonds. The minimum atomic E-state index is -0.625. The number of likely N-dealkylation sites (tertiary alicyclic amines) is 2. The Morgan fingerprint density at radius 2 is 1.17 bits per heavy atom. The average molecular weight is 753 g/mol. The Morgan fingerprint density at radius 3 is 1.56 bits per heavy atom. The van der Waals surface area contributed by atoms with Crippen molar-refractivity contribution in [3.63, 3.8) is 0 Å². The summed E-state index contributed by atoms with van der Waals surface area (Å²) in [5.74, 6) is -0.677. The van der Waals surface area contributed by atoms with Gasteiger partial charge in [-0.05, 0) is 75.0 Å². The second-order valence-electron chi connectivity index (χ2n) is 15.1. The van der Waals surface area contributed by atoms with E-state index >= 15 is 0 Å². The fourth-order valence-corrected chi connectivity index (χ4v) is 7.95. The molecule has 4 aliphatic rings. The average Bonchev–Trinajstić information content (AvgIpc) is 4.02. The van der Waals surface area contributed by atoms with Crippen LogP contribution < -0.4 is 18.9 Å². The van der Waals surface area contributed by atoms with Gasteiger partial charge in [0.15, 0.2) is 23.0 Å². The van der Waals surface area contributed by atoms with Crippen molar-refractivity contribution in [3.05, 3.63) is 55.6 Å². The van der Waals surface area contributed by atoms with Crippen molar-refractivity contribution in [2.45, 2.75) is 90.1 Å². The number of ether oxygens (including phenoxy) is 5. The summed E-state index contributed by atoms with van der Waals surface area (Å²) in [5.41, 5.74) is -0.774. The zero-order valence-electron chi connectivity index (χ0n) is 31.3. The van der Waals surface area contributed by atoms with E-state index in [0.29, 0.717) is 38.8 Å². The number of hydrogen-bond acceptors (Lipinski definition) is 12. The number of nitro groups is 2. The molecule has 2 spiro atoms. The highest BCUT2D eigenvalue weighted by atomic mass is 16.6. The van der Waals surface area contributed by atoms with Crippen molar-refractivity contribution < 1.29 is 47.9 Å². The molecular formula is C38H48N4O12. The molecule has 2 heterocycles. The summed E-state index contributed by atoms with van der Waals surface area (Å²) in [6.07, 6.45) is 8.13. The van der Waals surface area contributed by atoms with Crippen LogP contribution in [0.1, 0.15) is 98.8 Å². The highest BCUT2D eigenvalue weighted by Crippen LogP contribution is 2.56. The first-order valence-corrected chi connectivity index (χ1v) is 18.6. The molecule has 2 aliphatic carbocycles. The number of esters is 1. The normalized spacial score (nSPS) is 20.1. The monoisotopic (exact) mass is 752 g/mol. The standard InChI is InChI=1S/C38H48N4O12/c1-5-25-19-37(9-10-37)22-39(25)35(44)27-15-31(50-3)33(17-29(27)41(46)47)52-13-7-6-8-14-53-34-18-30(42(48)49)28(16-32(34)51-4)36(45)40-23-38(11-12-38)20-26(40)21-54-24(2)43/h15-18,25-26H,5-14,19-23H2,1-4H3/t25-,26+/m1/s1. The molecule has 2 aromatic rings. The van der Waals surface area contributed by atoms with E-state index in [0.717, 1.165) is 38.5 Å². The molecule has 2 saturated heterocycles. The van der Waals surface area contributed by atoms with Gasteiger partial charge in [-0.3, -0.25) is 34.6 Å². The van der Waals surface area contributed by atoms with E-state index in [2.05, 4.69) is 0 Å². The summed E-state index contributed by atoms with van der Waals surface area (Å²) in [4.78, 5) is 65.2. The summed E-state index contributed by atoms with van der Waals surface area (Å²) in [6, 6.07) is 4.85. The highest BCUT2D eigenvalue weighted by Gasteiger charge is 2.54. The number of nitrogens with zero attached hydrogens (tertiary/aromatic N) is 4. The Labute approximate surface area is 313 Å². The summed E-state index contributed by atoms with van der Waals surface area (Å²) < 4.78 is 27.9. The molecule has 0 aromatic heterocycles. The van der Waals surface area contributed by atoms with Crippen LogP contribution in [0.15, 0.2) is 24.3 Å². The quantitative estimate of drug-likeness (QED) is 0.0781. The first kappa shape index (κ1) is 38.6. The van der Waals surface area contributed by atoms with Crippen molar-refractivity contribution >= 4 is 29.2 Å². The molecule has 0 bridgehead atoms. The lowest BCUT2D eigenvalue weighted by Gasteiger charge is -2.24. The SMILES string of the molecule is CC[C@@H]1CC2(CC2)CN1C(=O)c1cc(OC)c(OCCCCCOc2cc([N+](=O)[O-])c(C(=O)N3CC4(CC4)C[C@H]3COC(C)=O)cc2OC)cc1[N+](=O)[O-]. The van der Waals surface area contributed by atoms with Crippen molar-refractivity contribution in [1.29, 1.82) is 0 Å². The summed E-state index contributed by atoms with van der Waals surface area (Å²) >= 11 is 0. The third-order valence-corrected chi connectivity index (χ3v) is 11.3. The van der Waals surface area contributed by atoms with Crippen LogP contribution in [-0.2, 0) is 9.53 Å². The maximum absolute atomic E-state index is 13.7. The van der Waals surface area contributed by atoms with Gasteiger partial charge in [0, 0.05) is 38.2 Å². The minimum absolute atomic E-state index is 0.0169. The van der Waals surface area contributed by atoms with Crippen molar-refractivity contribution in [1.82, 2.24) is 9.80 Å². The number of carbonyl (C=O) groups excluding carboxylic acids is 3. The molecule has 0 unspecified atom stereocenters. The zero-order chi connectivity index (χ0) is 38.8. The lowest BCUT2D eigenvalue weighted by atomic mass is 10.0. The smallest absolute Gasteiger partial charge is 0.302 e. The molecular weight excluding hydrogens is 704 g/mol. The number of amides is 2. The van der Waals surface area contributed by atoms with Gasteiger partial charge in [0.2, 0.25) is 0 Å². The predicted molar refractivity (Wildman–Crippen MR) is 193 cm³/mol. The van der Waals surface area contributed by atoms with Crippen molar-refractivity contribution in [2.24, 2.45) is 10.8 Å². The summed E-state index contributed by atoms with van der Waals surface area (Å²) in [5, 5.41) is 24.2. The topological polar surface area (TPSA) is 190 Å². The van der Waals surface area contributed by atoms with Crippen LogP contribution in [0.25, 0.3) is 0 Å². The number of carbonyl (C=O) groups is 3. The zero-order valence-corrected chi connectivity index (χ0v) is 31.3. The Balaban J connectivity index is 1.04. The van der Waals surface area contributed by atoms with E-state index in [1.54, 1.807) is 9.80 Å². The van der Waals surface area contributed by atoms with Gasteiger partial charge in [-0.1, -0.05) is 6.92 Å². The Morgan fingerprint density at radius 1 is 0.722 bits per heavy atom. The Kier molecular flexibility index (Phi) is 11.2. The largest absolute Gasteiger partial charge is 0.493 e. The number of benzene rings is 2.